The number of benzene rings is 2. The lowest BCUT2D eigenvalue weighted by atomic mass is 9.95. The average molecular weight is 703 g/mol. The molecule has 2 aromatic carbocycles. The number of esters is 1. The third-order valence-electron chi connectivity index (χ3n) is 6.72. The number of methoxy groups -OCH3 is 1. The number of carbonyl (C=O) groups excluding carboxylic acids is 1. The standard InChI is InChI=1S/C30H25BrClN3O8S/c1-5-41-24-14-19(31)18(13-23(24)40-4)27-26(29(37)42-6-2)15(3)33-30-34(27)28(36)25(44-30)12-17-8-10-22(43-17)16-7-9-20(32)21(11-16)35(38)39/h7-14,27H,5-6H2,1-4H3/b25-12+/t27-/m1/s1. The second-order valence-corrected chi connectivity index (χ2v) is 11.7. The smallest absolute Gasteiger partial charge is 0.338 e. The predicted octanol–water partition coefficient (Wildman–Crippen LogP) is 5.79. The lowest BCUT2D eigenvalue weighted by Crippen LogP contribution is -2.40. The maximum atomic E-state index is 14.0. The summed E-state index contributed by atoms with van der Waals surface area (Å²) >= 11 is 10.7. The van der Waals surface area contributed by atoms with Gasteiger partial charge in [-0.3, -0.25) is 19.5 Å². The number of allylic oxidation sites excluding steroid dienone is 1. The molecule has 44 heavy (non-hydrogen) atoms. The van der Waals surface area contributed by atoms with E-state index in [1.54, 1.807) is 50.3 Å². The summed E-state index contributed by atoms with van der Waals surface area (Å²) in [6, 6.07) is 10.2. The van der Waals surface area contributed by atoms with E-state index in [0.29, 0.717) is 60.3 Å². The largest absolute Gasteiger partial charge is 0.493 e. The molecule has 3 heterocycles. The van der Waals surface area contributed by atoms with Crippen molar-refractivity contribution in [3.8, 4) is 22.8 Å². The summed E-state index contributed by atoms with van der Waals surface area (Å²) in [7, 11) is 1.51. The van der Waals surface area contributed by atoms with E-state index < -0.39 is 22.5 Å². The van der Waals surface area contributed by atoms with Crippen LogP contribution in [-0.2, 0) is 9.53 Å². The molecule has 14 heteroatoms. The number of furan rings is 1. The fourth-order valence-corrected chi connectivity index (χ4v) is 6.55. The van der Waals surface area contributed by atoms with Gasteiger partial charge in [-0.2, -0.15) is 0 Å². The van der Waals surface area contributed by atoms with E-state index in [0.717, 1.165) is 11.3 Å². The highest BCUT2D eigenvalue weighted by atomic mass is 79.9. The van der Waals surface area contributed by atoms with Crippen LogP contribution in [0.1, 0.15) is 38.1 Å². The summed E-state index contributed by atoms with van der Waals surface area (Å²) < 4.78 is 24.9. The molecule has 1 atom stereocenters. The van der Waals surface area contributed by atoms with E-state index in [2.05, 4.69) is 20.9 Å². The van der Waals surface area contributed by atoms with E-state index >= 15 is 0 Å². The van der Waals surface area contributed by atoms with Crippen LogP contribution in [0.3, 0.4) is 0 Å². The second-order valence-electron chi connectivity index (χ2n) is 9.39. The summed E-state index contributed by atoms with van der Waals surface area (Å²) in [4.78, 5) is 43.0. The van der Waals surface area contributed by atoms with Crippen molar-refractivity contribution < 1.29 is 28.3 Å². The van der Waals surface area contributed by atoms with Crippen LogP contribution < -0.4 is 24.4 Å². The van der Waals surface area contributed by atoms with Gasteiger partial charge in [-0.25, -0.2) is 9.79 Å². The molecule has 0 aliphatic carbocycles. The molecule has 0 bridgehead atoms. The van der Waals surface area contributed by atoms with Crippen molar-refractivity contribution in [2.75, 3.05) is 20.3 Å². The molecule has 0 radical (unpaired) electrons. The average Bonchev–Trinajstić information content (AvgIpc) is 3.57. The van der Waals surface area contributed by atoms with Gasteiger partial charge < -0.3 is 18.6 Å². The number of hydrogen-bond acceptors (Lipinski definition) is 10. The van der Waals surface area contributed by atoms with Gasteiger partial charge in [-0.05, 0) is 62.7 Å². The molecule has 0 fully saturated rings. The molecule has 0 unspecified atom stereocenters. The molecule has 0 spiro atoms. The molecule has 228 valence electrons. The van der Waals surface area contributed by atoms with Crippen LogP contribution in [0.4, 0.5) is 5.69 Å². The first-order valence-electron chi connectivity index (χ1n) is 13.3. The lowest BCUT2D eigenvalue weighted by molar-refractivity contribution is -0.384. The third-order valence-corrected chi connectivity index (χ3v) is 8.71. The highest BCUT2D eigenvalue weighted by Gasteiger charge is 2.35. The van der Waals surface area contributed by atoms with Gasteiger partial charge in [-0.1, -0.05) is 38.9 Å². The zero-order valence-electron chi connectivity index (χ0n) is 23.9. The number of nitro benzene ring substituents is 1. The first kappa shape index (κ1) is 31.2. The number of carbonyl (C=O) groups is 1. The number of nitrogens with zero attached hydrogens (tertiary/aromatic N) is 3. The molecule has 1 aliphatic heterocycles. The molecule has 0 N–H and O–H groups in total. The summed E-state index contributed by atoms with van der Waals surface area (Å²) in [5.41, 5.74) is 0.979. The number of ether oxygens (including phenoxy) is 3. The normalized spacial score (nSPS) is 14.7. The van der Waals surface area contributed by atoms with Crippen molar-refractivity contribution in [2.45, 2.75) is 26.8 Å². The van der Waals surface area contributed by atoms with Crippen molar-refractivity contribution in [2.24, 2.45) is 4.99 Å². The topological polar surface area (TPSA) is 135 Å². The number of hydrogen-bond donors (Lipinski definition) is 0. The van der Waals surface area contributed by atoms with E-state index in [1.807, 2.05) is 6.92 Å². The second kappa shape index (κ2) is 12.8. The summed E-state index contributed by atoms with van der Waals surface area (Å²) in [6.07, 6.45) is 1.56. The fourth-order valence-electron chi connectivity index (χ4n) is 4.79. The molecule has 1 aliphatic rings. The molecule has 0 amide bonds. The van der Waals surface area contributed by atoms with Gasteiger partial charge in [-0.15, -0.1) is 0 Å². The SMILES string of the molecule is CCOC(=O)C1=C(C)N=c2s/c(=C/c3ccc(-c4ccc(Cl)c([N+](=O)[O-])c4)o3)c(=O)n2[C@@H]1c1cc(OC)c(OCC)cc1Br. The Balaban J connectivity index is 1.66. The Labute approximate surface area is 267 Å². The van der Waals surface area contributed by atoms with Crippen molar-refractivity contribution in [1.82, 2.24) is 4.57 Å². The molecule has 0 saturated heterocycles. The Morgan fingerprint density at radius 2 is 1.98 bits per heavy atom. The Bertz CT molecular complexity index is 2010. The highest BCUT2D eigenvalue weighted by molar-refractivity contribution is 9.10. The van der Waals surface area contributed by atoms with Gasteiger partial charge in [0.15, 0.2) is 16.3 Å². The Kier molecular flexibility index (Phi) is 9.09. The molecular formula is C30H25BrClN3O8S. The maximum absolute atomic E-state index is 14.0. The van der Waals surface area contributed by atoms with Crippen LogP contribution in [0, 0.1) is 10.1 Å². The zero-order chi connectivity index (χ0) is 31.7. The zero-order valence-corrected chi connectivity index (χ0v) is 27.0. The van der Waals surface area contributed by atoms with Crippen molar-refractivity contribution in [3.63, 3.8) is 0 Å². The number of aromatic nitrogens is 1. The summed E-state index contributed by atoms with van der Waals surface area (Å²) in [6.45, 7) is 5.80. The monoisotopic (exact) mass is 701 g/mol. The first-order chi connectivity index (χ1) is 21.1. The fraction of sp³-hybridized carbons (Fsp3) is 0.233. The number of rotatable bonds is 9. The van der Waals surface area contributed by atoms with Crippen LogP contribution in [0.15, 0.2) is 72.4 Å². The van der Waals surface area contributed by atoms with Crippen LogP contribution in [0.2, 0.25) is 5.02 Å². The Morgan fingerprint density at radius 3 is 2.66 bits per heavy atom. The minimum Gasteiger partial charge on any atom is -0.493 e. The predicted molar refractivity (Wildman–Crippen MR) is 168 cm³/mol. The molecular weight excluding hydrogens is 678 g/mol. The van der Waals surface area contributed by atoms with Gasteiger partial charge in [0.1, 0.15) is 16.5 Å². The number of fused-ring (bicyclic) bond motifs is 1. The maximum Gasteiger partial charge on any atom is 0.338 e. The van der Waals surface area contributed by atoms with Crippen molar-refractivity contribution in [1.29, 1.82) is 0 Å². The van der Waals surface area contributed by atoms with Crippen LogP contribution in [0.25, 0.3) is 17.4 Å². The quantitative estimate of drug-likeness (QED) is 0.122. The van der Waals surface area contributed by atoms with Gasteiger partial charge in [0.25, 0.3) is 11.2 Å². The van der Waals surface area contributed by atoms with Crippen molar-refractivity contribution in [3.05, 3.63) is 104 Å². The van der Waals surface area contributed by atoms with E-state index in [-0.39, 0.29) is 22.9 Å². The molecule has 11 nitrogen and oxygen atoms in total. The molecule has 5 rings (SSSR count). The first-order valence-corrected chi connectivity index (χ1v) is 15.3. The van der Waals surface area contributed by atoms with E-state index in [1.165, 1.54) is 23.8 Å². The summed E-state index contributed by atoms with van der Waals surface area (Å²) in [5, 5.41) is 11.3. The van der Waals surface area contributed by atoms with Gasteiger partial charge in [0.05, 0.1) is 47.1 Å². The van der Waals surface area contributed by atoms with Gasteiger partial charge in [0, 0.05) is 22.2 Å². The van der Waals surface area contributed by atoms with Crippen LogP contribution in [-0.4, -0.2) is 35.8 Å². The molecule has 0 saturated carbocycles. The van der Waals surface area contributed by atoms with Gasteiger partial charge >= 0.3 is 5.97 Å². The molecule has 4 aromatic rings. The van der Waals surface area contributed by atoms with Crippen LogP contribution >= 0.6 is 38.9 Å². The van der Waals surface area contributed by atoms with Crippen LogP contribution in [0.5, 0.6) is 11.5 Å². The highest BCUT2D eigenvalue weighted by Crippen LogP contribution is 2.41. The van der Waals surface area contributed by atoms with Crippen molar-refractivity contribution >= 4 is 56.6 Å². The molecule has 2 aromatic heterocycles. The lowest BCUT2D eigenvalue weighted by Gasteiger charge is -2.26. The number of halogens is 2. The number of nitro groups is 1. The summed E-state index contributed by atoms with van der Waals surface area (Å²) in [5.74, 6) is 1.02. The number of thiazole rings is 1. The Hall–Kier alpha value is -4.20. The minimum atomic E-state index is -0.895. The minimum absolute atomic E-state index is 0.00969. The third kappa shape index (κ3) is 5.82. The van der Waals surface area contributed by atoms with Gasteiger partial charge in [0.2, 0.25) is 0 Å². The Morgan fingerprint density at radius 1 is 1.20 bits per heavy atom. The van der Waals surface area contributed by atoms with E-state index in [4.69, 9.17) is 30.2 Å². The van der Waals surface area contributed by atoms with E-state index in [9.17, 15) is 19.7 Å².